The molecule has 0 rings (SSSR count). The molecule has 30 heavy (non-hydrogen) atoms. The van der Waals surface area contributed by atoms with Crippen molar-refractivity contribution in [2.45, 2.75) is 90.9 Å². The molecular weight excluding hydrogens is 396 g/mol. The van der Waals surface area contributed by atoms with E-state index < -0.39 is 53.8 Å². The van der Waals surface area contributed by atoms with Gasteiger partial charge in [-0.2, -0.15) is 0 Å². The summed E-state index contributed by atoms with van der Waals surface area (Å²) < 4.78 is 0. The van der Waals surface area contributed by atoms with E-state index in [0.717, 1.165) is 6.92 Å². The summed E-state index contributed by atoms with van der Waals surface area (Å²) in [6.07, 6.45) is -0.671. The van der Waals surface area contributed by atoms with Gasteiger partial charge in [0.15, 0.2) is 5.79 Å². The van der Waals surface area contributed by atoms with Crippen molar-refractivity contribution in [3.05, 3.63) is 0 Å². The maximum atomic E-state index is 12.5. The van der Waals surface area contributed by atoms with Crippen LogP contribution >= 0.6 is 0 Å². The molecule has 6 atom stereocenters. The maximum Gasteiger partial charge on any atom is 0.245 e. The van der Waals surface area contributed by atoms with Gasteiger partial charge in [-0.15, -0.1) is 0 Å². The second-order valence-electron chi connectivity index (χ2n) is 7.85. The van der Waals surface area contributed by atoms with Crippen molar-refractivity contribution < 1.29 is 34.5 Å². The summed E-state index contributed by atoms with van der Waals surface area (Å²) in [6, 6.07) is -4.35. The molecule has 0 saturated carbocycles. The SMILES string of the molecule is CC[C@H](C)[C@H](NC(C)=O)C(=O)N[C@@H](C)C(=O)N[C@H](C(=O)N[C@@H](C)C(C)(O)O)[C@@H](C)O. The molecule has 0 aliphatic carbocycles. The molecule has 0 aliphatic heterocycles. The van der Waals surface area contributed by atoms with Gasteiger partial charge in [0.05, 0.1) is 12.1 Å². The molecule has 0 aromatic rings. The lowest BCUT2D eigenvalue weighted by atomic mass is 9.98. The van der Waals surface area contributed by atoms with Crippen LogP contribution in [0.3, 0.4) is 0 Å². The zero-order valence-electron chi connectivity index (χ0n) is 18.6. The smallest absolute Gasteiger partial charge is 0.245 e. The zero-order valence-corrected chi connectivity index (χ0v) is 18.6. The second kappa shape index (κ2) is 11.8. The van der Waals surface area contributed by atoms with Gasteiger partial charge in [-0.05, 0) is 33.6 Å². The van der Waals surface area contributed by atoms with Gasteiger partial charge in [0.2, 0.25) is 23.6 Å². The van der Waals surface area contributed by atoms with Gasteiger partial charge in [-0.3, -0.25) is 19.2 Å². The highest BCUT2D eigenvalue weighted by molar-refractivity contribution is 5.94. The number of hydrogen-bond donors (Lipinski definition) is 7. The summed E-state index contributed by atoms with van der Waals surface area (Å²) >= 11 is 0. The molecule has 0 saturated heterocycles. The molecule has 0 aliphatic rings. The van der Waals surface area contributed by atoms with E-state index in [4.69, 9.17) is 0 Å². The highest BCUT2D eigenvalue weighted by Crippen LogP contribution is 2.09. The Hall–Kier alpha value is -2.24. The van der Waals surface area contributed by atoms with Crippen molar-refractivity contribution in [2.75, 3.05) is 0 Å². The van der Waals surface area contributed by atoms with E-state index in [1.54, 1.807) is 6.92 Å². The summed E-state index contributed by atoms with van der Waals surface area (Å²) in [5.41, 5.74) is 0. The largest absolute Gasteiger partial charge is 0.391 e. The molecule has 0 spiro atoms. The molecule has 7 N–H and O–H groups in total. The van der Waals surface area contributed by atoms with Crippen molar-refractivity contribution in [1.82, 2.24) is 21.3 Å². The normalized spacial score (nSPS) is 17.5. The van der Waals surface area contributed by atoms with Crippen LogP contribution in [0.25, 0.3) is 0 Å². The molecule has 4 amide bonds. The number of nitrogens with one attached hydrogen (secondary N) is 4. The van der Waals surface area contributed by atoms with Gasteiger partial charge in [-0.25, -0.2) is 0 Å². The van der Waals surface area contributed by atoms with Gasteiger partial charge < -0.3 is 36.6 Å². The molecule has 0 unspecified atom stereocenters. The first kappa shape index (κ1) is 27.8. The third-order valence-electron chi connectivity index (χ3n) is 4.85. The van der Waals surface area contributed by atoms with Gasteiger partial charge in [0.25, 0.3) is 0 Å². The highest BCUT2D eigenvalue weighted by Gasteiger charge is 2.33. The monoisotopic (exact) mass is 432 g/mol. The second-order valence-corrected chi connectivity index (χ2v) is 7.85. The Bertz CT molecular complexity index is 618. The Labute approximate surface area is 177 Å². The maximum absolute atomic E-state index is 12.5. The summed E-state index contributed by atoms with van der Waals surface area (Å²) in [5, 5.41) is 38.6. The fraction of sp³-hybridized carbons (Fsp3) is 0.789. The molecule has 0 heterocycles. The lowest BCUT2D eigenvalue weighted by Gasteiger charge is -2.29. The third-order valence-corrected chi connectivity index (χ3v) is 4.85. The van der Waals surface area contributed by atoms with Crippen LogP contribution in [-0.4, -0.2) is 75.0 Å². The first-order valence-electron chi connectivity index (χ1n) is 9.92. The van der Waals surface area contributed by atoms with Crippen molar-refractivity contribution >= 4 is 23.6 Å². The number of amides is 4. The van der Waals surface area contributed by atoms with Crippen molar-refractivity contribution in [2.24, 2.45) is 5.92 Å². The highest BCUT2D eigenvalue weighted by atomic mass is 16.5. The van der Waals surface area contributed by atoms with Crippen LogP contribution < -0.4 is 21.3 Å². The molecule has 0 aromatic carbocycles. The zero-order chi connectivity index (χ0) is 23.8. The van der Waals surface area contributed by atoms with Crippen LogP contribution in [0, 0.1) is 5.92 Å². The minimum absolute atomic E-state index is 0.173. The molecule has 0 radical (unpaired) electrons. The van der Waals surface area contributed by atoms with E-state index in [1.165, 1.54) is 27.7 Å². The van der Waals surface area contributed by atoms with Crippen molar-refractivity contribution in [3.8, 4) is 0 Å². The fourth-order valence-corrected chi connectivity index (χ4v) is 2.41. The predicted molar refractivity (Wildman–Crippen MR) is 109 cm³/mol. The number of hydrogen-bond acceptors (Lipinski definition) is 7. The first-order chi connectivity index (χ1) is 13.6. The van der Waals surface area contributed by atoms with Crippen LogP contribution in [0.2, 0.25) is 0 Å². The topological polar surface area (TPSA) is 177 Å². The number of carbonyl (C=O) groups excluding carboxylic acids is 4. The number of aliphatic hydroxyl groups is 3. The van der Waals surface area contributed by atoms with E-state index in [9.17, 15) is 34.5 Å². The molecule has 0 fully saturated rings. The van der Waals surface area contributed by atoms with Gasteiger partial charge in [-0.1, -0.05) is 20.3 Å². The number of carbonyl (C=O) groups is 4. The Balaban J connectivity index is 5.14. The molecule has 0 bridgehead atoms. The van der Waals surface area contributed by atoms with Crippen LogP contribution in [-0.2, 0) is 19.2 Å². The summed E-state index contributed by atoms with van der Waals surface area (Å²) in [6.45, 7) is 10.0. The predicted octanol–water partition coefficient (Wildman–Crippen LogP) is -1.89. The first-order valence-corrected chi connectivity index (χ1v) is 9.92. The number of aliphatic hydroxyl groups excluding tert-OH is 1. The summed E-state index contributed by atoms with van der Waals surface area (Å²) in [7, 11) is 0. The van der Waals surface area contributed by atoms with E-state index in [1.807, 2.05) is 6.92 Å². The Morgan fingerprint density at radius 3 is 1.73 bits per heavy atom. The molecule has 11 heteroatoms. The van der Waals surface area contributed by atoms with Crippen LogP contribution in [0.1, 0.15) is 54.9 Å². The van der Waals surface area contributed by atoms with E-state index in [2.05, 4.69) is 21.3 Å². The van der Waals surface area contributed by atoms with Crippen molar-refractivity contribution in [3.63, 3.8) is 0 Å². The lowest BCUT2D eigenvalue weighted by molar-refractivity contribution is -0.169. The Morgan fingerprint density at radius 1 is 0.833 bits per heavy atom. The quantitative estimate of drug-likeness (QED) is 0.187. The summed E-state index contributed by atoms with van der Waals surface area (Å²) in [5.74, 6) is -4.86. The summed E-state index contributed by atoms with van der Waals surface area (Å²) in [4.78, 5) is 48.7. The number of rotatable bonds is 11. The van der Waals surface area contributed by atoms with E-state index in [-0.39, 0.29) is 11.8 Å². The Kier molecular flexibility index (Phi) is 10.9. The van der Waals surface area contributed by atoms with Crippen LogP contribution in [0.15, 0.2) is 0 Å². The van der Waals surface area contributed by atoms with Crippen molar-refractivity contribution in [1.29, 1.82) is 0 Å². The molecule has 0 aromatic heterocycles. The van der Waals surface area contributed by atoms with E-state index >= 15 is 0 Å². The standard InChI is InChI=1S/C19H36N4O7/c1-8-9(2)14(22-13(6)25)17(27)20-10(3)16(26)23-15(11(4)24)18(28)21-12(5)19(7,29)30/h9-12,14-15,24,29-30H,8H2,1-7H3,(H,20,27)(H,21,28)(H,22,25)(H,23,26)/t9-,10-,11+,12-,14-,15-/m0/s1. The minimum atomic E-state index is -2.20. The van der Waals surface area contributed by atoms with E-state index in [0.29, 0.717) is 6.42 Å². The average molecular weight is 433 g/mol. The minimum Gasteiger partial charge on any atom is -0.391 e. The third kappa shape index (κ3) is 9.06. The average Bonchev–Trinajstić information content (AvgIpc) is 2.61. The molecule has 174 valence electrons. The fourth-order valence-electron chi connectivity index (χ4n) is 2.41. The molecular formula is C19H36N4O7. The van der Waals surface area contributed by atoms with Gasteiger partial charge >= 0.3 is 0 Å². The van der Waals surface area contributed by atoms with Gasteiger partial charge in [0, 0.05) is 6.92 Å². The van der Waals surface area contributed by atoms with Gasteiger partial charge in [0.1, 0.15) is 18.1 Å². The van der Waals surface area contributed by atoms with Crippen LogP contribution in [0.4, 0.5) is 0 Å². The Morgan fingerprint density at radius 2 is 1.33 bits per heavy atom. The van der Waals surface area contributed by atoms with Crippen LogP contribution in [0.5, 0.6) is 0 Å². The molecule has 11 nitrogen and oxygen atoms in total. The lowest BCUT2D eigenvalue weighted by Crippen LogP contribution is -2.61.